The lowest BCUT2D eigenvalue weighted by Crippen LogP contribution is -2.22. The highest BCUT2D eigenvalue weighted by Gasteiger charge is 2.16. The first kappa shape index (κ1) is 14.8. The molecule has 3 N–H and O–H groups in total. The molecule has 0 fully saturated rings. The van der Waals surface area contributed by atoms with Crippen LogP contribution in [0.2, 0.25) is 5.02 Å². The van der Waals surface area contributed by atoms with E-state index in [2.05, 4.69) is 12.2 Å². The molecule has 0 aliphatic heterocycles. The zero-order valence-electron chi connectivity index (χ0n) is 11.0. The molecule has 4 heteroatoms. The van der Waals surface area contributed by atoms with E-state index >= 15 is 0 Å². The molecule has 0 heterocycles. The number of unbranched alkanes of at least 4 members (excludes halogenated alkanes) is 1. The molecule has 0 aliphatic rings. The SMILES string of the molecule is CCCCC(CC)C(=O)Nc1ccc(Cl)cc1N. The van der Waals surface area contributed by atoms with Gasteiger partial charge in [-0.1, -0.05) is 38.3 Å². The monoisotopic (exact) mass is 268 g/mol. The van der Waals surface area contributed by atoms with Crippen LogP contribution in [-0.2, 0) is 4.79 Å². The molecule has 0 bridgehead atoms. The largest absolute Gasteiger partial charge is 0.397 e. The van der Waals surface area contributed by atoms with Crippen LogP contribution >= 0.6 is 11.6 Å². The third-order valence-electron chi connectivity index (χ3n) is 3.04. The van der Waals surface area contributed by atoms with Crippen molar-refractivity contribution in [2.75, 3.05) is 11.1 Å². The van der Waals surface area contributed by atoms with Gasteiger partial charge >= 0.3 is 0 Å². The maximum atomic E-state index is 12.1. The fraction of sp³-hybridized carbons (Fsp3) is 0.500. The van der Waals surface area contributed by atoms with Gasteiger partial charge in [0.15, 0.2) is 0 Å². The molecule has 1 unspecified atom stereocenters. The Morgan fingerprint density at radius 3 is 2.72 bits per heavy atom. The number of nitrogen functional groups attached to an aromatic ring is 1. The van der Waals surface area contributed by atoms with E-state index in [1.54, 1.807) is 18.2 Å². The van der Waals surface area contributed by atoms with Crippen LogP contribution in [0.1, 0.15) is 39.5 Å². The van der Waals surface area contributed by atoms with Gasteiger partial charge in [-0.05, 0) is 31.0 Å². The van der Waals surface area contributed by atoms with E-state index < -0.39 is 0 Å². The van der Waals surface area contributed by atoms with Crippen LogP contribution in [0.25, 0.3) is 0 Å². The normalized spacial score (nSPS) is 12.2. The van der Waals surface area contributed by atoms with Crippen molar-refractivity contribution >= 4 is 28.9 Å². The van der Waals surface area contributed by atoms with Gasteiger partial charge in [0.2, 0.25) is 5.91 Å². The molecule has 100 valence electrons. The Balaban J connectivity index is 2.67. The highest BCUT2D eigenvalue weighted by Crippen LogP contribution is 2.24. The lowest BCUT2D eigenvalue weighted by atomic mass is 9.98. The van der Waals surface area contributed by atoms with Crippen LogP contribution in [0.3, 0.4) is 0 Å². The van der Waals surface area contributed by atoms with Gasteiger partial charge in [-0.15, -0.1) is 0 Å². The minimum atomic E-state index is 0.0416. The van der Waals surface area contributed by atoms with Gasteiger partial charge < -0.3 is 11.1 Å². The average Bonchev–Trinajstić information content (AvgIpc) is 2.34. The summed E-state index contributed by atoms with van der Waals surface area (Å²) in [5, 5.41) is 3.45. The van der Waals surface area contributed by atoms with E-state index in [4.69, 9.17) is 17.3 Å². The van der Waals surface area contributed by atoms with Gasteiger partial charge in [-0.2, -0.15) is 0 Å². The number of benzene rings is 1. The second-order valence-corrected chi connectivity index (χ2v) is 4.90. The third kappa shape index (κ3) is 4.22. The van der Waals surface area contributed by atoms with Gasteiger partial charge in [0.1, 0.15) is 0 Å². The number of carbonyl (C=O) groups excluding carboxylic acids is 1. The second kappa shape index (κ2) is 7.27. The number of carbonyl (C=O) groups is 1. The zero-order valence-corrected chi connectivity index (χ0v) is 11.8. The fourth-order valence-corrected chi connectivity index (χ4v) is 2.03. The summed E-state index contributed by atoms with van der Waals surface area (Å²) in [6.07, 6.45) is 3.94. The van der Waals surface area contributed by atoms with Crippen LogP contribution in [0.5, 0.6) is 0 Å². The Morgan fingerprint density at radius 1 is 1.44 bits per heavy atom. The van der Waals surface area contributed by atoms with Crippen LogP contribution in [0.15, 0.2) is 18.2 Å². The van der Waals surface area contributed by atoms with Crippen molar-refractivity contribution in [1.29, 1.82) is 0 Å². The molecule has 1 aromatic rings. The van der Waals surface area contributed by atoms with E-state index in [1.165, 1.54) is 0 Å². The minimum absolute atomic E-state index is 0.0416. The number of hydrogen-bond acceptors (Lipinski definition) is 2. The zero-order chi connectivity index (χ0) is 13.5. The molecular weight excluding hydrogens is 248 g/mol. The number of amides is 1. The quantitative estimate of drug-likeness (QED) is 0.764. The van der Waals surface area contributed by atoms with Gasteiger partial charge in [-0.25, -0.2) is 0 Å². The lowest BCUT2D eigenvalue weighted by Gasteiger charge is -2.15. The van der Waals surface area contributed by atoms with Crippen LogP contribution < -0.4 is 11.1 Å². The van der Waals surface area contributed by atoms with E-state index in [0.29, 0.717) is 16.4 Å². The second-order valence-electron chi connectivity index (χ2n) is 4.47. The Labute approximate surface area is 114 Å². The van der Waals surface area contributed by atoms with Crippen molar-refractivity contribution in [3.63, 3.8) is 0 Å². The topological polar surface area (TPSA) is 55.1 Å². The van der Waals surface area contributed by atoms with E-state index in [9.17, 15) is 4.79 Å². The first-order chi connectivity index (χ1) is 8.58. The van der Waals surface area contributed by atoms with Crippen LogP contribution in [0, 0.1) is 5.92 Å². The first-order valence-electron chi connectivity index (χ1n) is 6.44. The molecule has 1 amide bonds. The maximum absolute atomic E-state index is 12.1. The van der Waals surface area contributed by atoms with E-state index in [-0.39, 0.29) is 11.8 Å². The highest BCUT2D eigenvalue weighted by molar-refractivity contribution is 6.31. The van der Waals surface area contributed by atoms with Crippen molar-refractivity contribution in [2.45, 2.75) is 39.5 Å². The maximum Gasteiger partial charge on any atom is 0.227 e. The summed E-state index contributed by atoms with van der Waals surface area (Å²) in [4.78, 5) is 12.1. The number of anilines is 2. The summed E-state index contributed by atoms with van der Waals surface area (Å²) >= 11 is 5.82. The number of rotatable bonds is 6. The van der Waals surface area contributed by atoms with Gasteiger partial charge in [-0.3, -0.25) is 4.79 Å². The molecule has 1 atom stereocenters. The van der Waals surface area contributed by atoms with Gasteiger partial charge in [0.05, 0.1) is 11.4 Å². The highest BCUT2D eigenvalue weighted by atomic mass is 35.5. The Hall–Kier alpha value is -1.22. The summed E-state index contributed by atoms with van der Waals surface area (Å²) in [5.74, 6) is 0.0972. The molecule has 0 saturated heterocycles. The number of hydrogen-bond donors (Lipinski definition) is 2. The predicted molar refractivity (Wildman–Crippen MR) is 77.8 cm³/mol. The Kier molecular flexibility index (Phi) is 5.99. The molecule has 0 radical (unpaired) electrons. The molecule has 1 aromatic carbocycles. The Bertz CT molecular complexity index is 407. The van der Waals surface area contributed by atoms with E-state index in [0.717, 1.165) is 25.7 Å². The minimum Gasteiger partial charge on any atom is -0.397 e. The molecule has 0 aromatic heterocycles. The van der Waals surface area contributed by atoms with E-state index in [1.807, 2.05) is 6.92 Å². The third-order valence-corrected chi connectivity index (χ3v) is 3.28. The number of halogens is 1. The summed E-state index contributed by atoms with van der Waals surface area (Å²) in [6, 6.07) is 5.10. The standard InChI is InChI=1S/C14H21ClN2O/c1-3-5-6-10(4-2)14(18)17-13-8-7-11(15)9-12(13)16/h7-10H,3-6,16H2,1-2H3,(H,17,18). The van der Waals surface area contributed by atoms with Crippen molar-refractivity contribution in [3.05, 3.63) is 23.2 Å². The molecule has 0 aliphatic carbocycles. The van der Waals surface area contributed by atoms with Crippen LogP contribution in [-0.4, -0.2) is 5.91 Å². The van der Waals surface area contributed by atoms with Gasteiger partial charge in [0, 0.05) is 10.9 Å². The molecule has 1 rings (SSSR count). The van der Waals surface area contributed by atoms with Crippen molar-refractivity contribution < 1.29 is 4.79 Å². The summed E-state index contributed by atoms with van der Waals surface area (Å²) in [6.45, 7) is 4.16. The number of nitrogens with one attached hydrogen (secondary N) is 1. The summed E-state index contributed by atoms with van der Waals surface area (Å²) in [5.41, 5.74) is 6.95. The summed E-state index contributed by atoms with van der Waals surface area (Å²) < 4.78 is 0. The molecular formula is C14H21ClN2O. The smallest absolute Gasteiger partial charge is 0.227 e. The van der Waals surface area contributed by atoms with Gasteiger partial charge in [0.25, 0.3) is 0 Å². The van der Waals surface area contributed by atoms with Crippen molar-refractivity contribution in [2.24, 2.45) is 5.92 Å². The number of nitrogens with two attached hydrogens (primary N) is 1. The molecule has 0 saturated carbocycles. The van der Waals surface area contributed by atoms with Crippen LogP contribution in [0.4, 0.5) is 11.4 Å². The lowest BCUT2D eigenvalue weighted by molar-refractivity contribution is -0.120. The van der Waals surface area contributed by atoms with Crippen molar-refractivity contribution in [3.8, 4) is 0 Å². The Morgan fingerprint density at radius 2 is 2.17 bits per heavy atom. The molecule has 3 nitrogen and oxygen atoms in total. The fourth-order valence-electron chi connectivity index (χ4n) is 1.85. The molecule has 0 spiro atoms. The summed E-state index contributed by atoms with van der Waals surface area (Å²) in [7, 11) is 0. The van der Waals surface area contributed by atoms with Crippen molar-refractivity contribution in [1.82, 2.24) is 0 Å². The average molecular weight is 269 g/mol. The molecule has 18 heavy (non-hydrogen) atoms. The first-order valence-corrected chi connectivity index (χ1v) is 6.82. The predicted octanol–water partition coefficient (Wildman–Crippen LogP) is 4.08.